The van der Waals surface area contributed by atoms with Crippen LogP contribution in [0.4, 0.5) is 17.1 Å². The van der Waals surface area contributed by atoms with E-state index in [-0.39, 0.29) is 6.17 Å². The fraction of sp³-hybridized carbons (Fsp3) is 0.0179. The number of anilines is 3. The Hall–Kier alpha value is -8.35. The molecule has 6 nitrogen and oxygen atoms in total. The monoisotopic (exact) mass is 794 g/mol. The number of aromatic nitrogens is 2. The molecular weight excluding hydrogens is 757 g/mol. The maximum absolute atomic E-state index is 5.09. The molecule has 0 radical (unpaired) electrons. The molecule has 1 unspecified atom stereocenters. The molecule has 62 heavy (non-hydrogen) atoms. The minimum absolute atomic E-state index is 0.271. The van der Waals surface area contributed by atoms with Crippen LogP contribution in [-0.4, -0.2) is 21.2 Å². The molecule has 4 heterocycles. The number of amidine groups is 2. The molecule has 8 aromatic carbocycles. The van der Waals surface area contributed by atoms with Gasteiger partial charge in [0.25, 0.3) is 0 Å². The summed E-state index contributed by atoms with van der Waals surface area (Å²) in [4.78, 5) is 17.4. The molecular formula is C56H38N6. The van der Waals surface area contributed by atoms with E-state index in [9.17, 15) is 0 Å². The Bertz CT molecular complexity index is 3380. The highest BCUT2D eigenvalue weighted by atomic mass is 15.2. The van der Waals surface area contributed by atoms with E-state index in [2.05, 4.69) is 197 Å². The molecule has 2 aliphatic heterocycles. The molecule has 0 aliphatic carbocycles. The fourth-order valence-corrected chi connectivity index (χ4v) is 9.13. The Labute approximate surface area is 359 Å². The predicted octanol–water partition coefficient (Wildman–Crippen LogP) is 13.5. The molecule has 1 atom stereocenters. The lowest BCUT2D eigenvalue weighted by molar-refractivity contribution is 0.674. The number of aliphatic imine (C=N–C) groups is 2. The normalized spacial score (nSPS) is 14.3. The molecule has 10 aromatic rings. The smallest absolute Gasteiger partial charge is 0.159 e. The van der Waals surface area contributed by atoms with Crippen molar-refractivity contribution in [2.24, 2.45) is 9.98 Å². The van der Waals surface area contributed by atoms with Crippen molar-refractivity contribution in [1.29, 1.82) is 0 Å². The number of rotatable bonds is 6. The second-order valence-corrected chi connectivity index (χ2v) is 15.7. The zero-order valence-electron chi connectivity index (χ0n) is 33.6. The summed E-state index contributed by atoms with van der Waals surface area (Å²) in [6.45, 7) is 0. The highest BCUT2D eigenvalue weighted by Gasteiger charge is 2.31. The molecule has 6 heteroatoms. The van der Waals surface area contributed by atoms with Crippen molar-refractivity contribution in [3.8, 4) is 39.2 Å². The van der Waals surface area contributed by atoms with Crippen LogP contribution < -0.4 is 10.2 Å². The van der Waals surface area contributed by atoms with Gasteiger partial charge in [-0.15, -0.1) is 0 Å². The van der Waals surface area contributed by atoms with Crippen LogP contribution in [0.15, 0.2) is 229 Å². The van der Waals surface area contributed by atoms with Crippen molar-refractivity contribution in [3.63, 3.8) is 0 Å². The van der Waals surface area contributed by atoms with E-state index in [1.807, 2.05) is 36.5 Å². The maximum Gasteiger partial charge on any atom is 0.159 e. The van der Waals surface area contributed by atoms with Crippen LogP contribution in [0, 0.1) is 0 Å². The first-order valence-electron chi connectivity index (χ1n) is 21.0. The Morgan fingerprint density at radius 2 is 1.16 bits per heavy atom. The maximum atomic E-state index is 5.09. The average Bonchev–Trinajstić information content (AvgIpc) is 3.63. The second kappa shape index (κ2) is 14.7. The highest BCUT2D eigenvalue weighted by molar-refractivity contribution is 6.14. The van der Waals surface area contributed by atoms with Crippen molar-refractivity contribution >= 4 is 50.5 Å². The summed E-state index contributed by atoms with van der Waals surface area (Å²) in [6, 6.07) is 75.1. The van der Waals surface area contributed by atoms with Crippen molar-refractivity contribution in [1.82, 2.24) is 14.9 Å². The van der Waals surface area contributed by atoms with E-state index in [1.54, 1.807) is 0 Å². The number of nitrogens with one attached hydrogen (secondary N) is 1. The van der Waals surface area contributed by atoms with Crippen molar-refractivity contribution in [2.45, 2.75) is 6.17 Å². The number of pyridine rings is 1. The van der Waals surface area contributed by atoms with Gasteiger partial charge >= 0.3 is 0 Å². The number of hydrogen-bond donors (Lipinski definition) is 1. The Kier molecular flexibility index (Phi) is 8.45. The van der Waals surface area contributed by atoms with E-state index < -0.39 is 0 Å². The summed E-state index contributed by atoms with van der Waals surface area (Å²) in [6.07, 6.45) is 1.71. The molecule has 2 aliphatic rings. The minimum Gasteiger partial charge on any atom is -0.344 e. The van der Waals surface area contributed by atoms with Gasteiger partial charge in [0.05, 0.1) is 28.1 Å². The van der Waals surface area contributed by atoms with Gasteiger partial charge < -0.3 is 14.8 Å². The van der Waals surface area contributed by atoms with Crippen LogP contribution in [0.1, 0.15) is 22.9 Å². The molecule has 2 aromatic heterocycles. The summed E-state index contributed by atoms with van der Waals surface area (Å²) in [7, 11) is 0. The standard InChI is InChI=1S/C56H38N6/c1-3-16-37(17-4-1)54-58-55(38-18-5-2-6-19-38)60-56(59-54)39-30-32-43(33-31-39)62-50-28-13-9-24-46(50)52-45-23-8-12-27-49(45)61(51-29-14-10-25-47(51)53(52)62)44-22-15-21-40(35-44)42-34-41-20-7-11-26-48(41)57-36-42/h1-36,54H,(H,58,59,60). The topological polar surface area (TPSA) is 57.8 Å². The predicted molar refractivity (Wildman–Crippen MR) is 255 cm³/mol. The molecule has 292 valence electrons. The Morgan fingerprint density at radius 1 is 0.484 bits per heavy atom. The third-order valence-corrected chi connectivity index (χ3v) is 12.0. The van der Waals surface area contributed by atoms with Gasteiger partial charge in [0.2, 0.25) is 0 Å². The van der Waals surface area contributed by atoms with Gasteiger partial charge in [-0.1, -0.05) is 146 Å². The van der Waals surface area contributed by atoms with Crippen LogP contribution in [0.2, 0.25) is 0 Å². The summed E-state index contributed by atoms with van der Waals surface area (Å²) in [5.74, 6) is 1.49. The van der Waals surface area contributed by atoms with Gasteiger partial charge in [0.15, 0.2) is 5.84 Å². The van der Waals surface area contributed by atoms with Gasteiger partial charge in [-0.2, -0.15) is 0 Å². The van der Waals surface area contributed by atoms with Crippen molar-refractivity contribution < 1.29 is 0 Å². The Morgan fingerprint density at radius 3 is 2.00 bits per heavy atom. The second-order valence-electron chi connectivity index (χ2n) is 15.7. The van der Waals surface area contributed by atoms with Gasteiger partial charge in [0.1, 0.15) is 12.0 Å². The molecule has 0 spiro atoms. The average molecular weight is 795 g/mol. The zero-order chi connectivity index (χ0) is 41.0. The minimum atomic E-state index is -0.271. The fourth-order valence-electron chi connectivity index (χ4n) is 9.13. The summed E-state index contributed by atoms with van der Waals surface area (Å²) in [5.41, 5.74) is 16.4. The summed E-state index contributed by atoms with van der Waals surface area (Å²) < 4.78 is 2.43. The molecule has 0 bridgehead atoms. The van der Waals surface area contributed by atoms with E-state index in [0.29, 0.717) is 5.84 Å². The Balaban J connectivity index is 1.00. The summed E-state index contributed by atoms with van der Waals surface area (Å²) >= 11 is 0. The first kappa shape index (κ1) is 35.6. The number of fused-ring (bicyclic) bond motifs is 8. The van der Waals surface area contributed by atoms with Gasteiger partial charge in [0, 0.05) is 61.7 Å². The van der Waals surface area contributed by atoms with E-state index in [1.165, 1.54) is 16.5 Å². The quantitative estimate of drug-likeness (QED) is 0.182. The van der Waals surface area contributed by atoms with Crippen LogP contribution in [0.5, 0.6) is 0 Å². The van der Waals surface area contributed by atoms with E-state index in [0.717, 1.165) is 84.1 Å². The summed E-state index contributed by atoms with van der Waals surface area (Å²) in [5, 5.41) is 5.96. The van der Waals surface area contributed by atoms with Gasteiger partial charge in [-0.3, -0.25) is 4.98 Å². The number of benzene rings is 8. The molecule has 12 rings (SSSR count). The number of nitrogens with zero attached hydrogens (tertiary/aromatic N) is 5. The third kappa shape index (κ3) is 6.00. The first-order valence-corrected chi connectivity index (χ1v) is 21.0. The van der Waals surface area contributed by atoms with Crippen molar-refractivity contribution in [2.75, 3.05) is 4.90 Å². The van der Waals surface area contributed by atoms with Crippen molar-refractivity contribution in [3.05, 3.63) is 235 Å². The largest absolute Gasteiger partial charge is 0.344 e. The van der Waals surface area contributed by atoms with Crippen LogP contribution in [0.3, 0.4) is 0 Å². The number of para-hydroxylation sites is 4. The van der Waals surface area contributed by atoms with Gasteiger partial charge in [-0.05, 0) is 77.9 Å². The van der Waals surface area contributed by atoms with E-state index >= 15 is 0 Å². The molecule has 0 saturated carbocycles. The lowest BCUT2D eigenvalue weighted by atomic mass is 9.98. The SMILES string of the molecule is c1ccc(C2=NC(c3ccccc3)NC(c3ccc(-n4c5c(c6ccccc64)-c4ccccc4N(c4cccc(-c6cnc7ccccc7c6)c4)c4ccccc4-5)cc3)=N2)cc1. The zero-order valence-corrected chi connectivity index (χ0v) is 33.6. The first-order chi connectivity index (χ1) is 30.7. The van der Waals surface area contributed by atoms with Crippen LogP contribution >= 0.6 is 0 Å². The van der Waals surface area contributed by atoms with Crippen LogP contribution in [0.25, 0.3) is 61.0 Å². The van der Waals surface area contributed by atoms with Crippen LogP contribution in [-0.2, 0) is 0 Å². The lowest BCUT2D eigenvalue weighted by Crippen LogP contribution is -2.33. The van der Waals surface area contributed by atoms with E-state index in [4.69, 9.17) is 15.0 Å². The molecule has 0 fully saturated rings. The number of hydrogen-bond acceptors (Lipinski definition) is 5. The molecule has 0 amide bonds. The molecule has 0 saturated heterocycles. The lowest BCUT2D eigenvalue weighted by Gasteiger charge is -2.28. The van der Waals surface area contributed by atoms with Gasteiger partial charge in [-0.25, -0.2) is 9.98 Å². The third-order valence-electron chi connectivity index (χ3n) is 12.0. The molecule has 1 N–H and O–H groups in total. The highest BCUT2D eigenvalue weighted by Crippen LogP contribution is 2.54.